The van der Waals surface area contributed by atoms with Crippen LogP contribution in [0.2, 0.25) is 0 Å². The molecule has 3 aromatic carbocycles. The number of methoxy groups -OCH3 is 1. The summed E-state index contributed by atoms with van der Waals surface area (Å²) in [4.78, 5) is 24.8. The Labute approximate surface area is 164 Å². The van der Waals surface area contributed by atoms with Crippen molar-refractivity contribution in [2.45, 2.75) is 20.0 Å². The highest BCUT2D eigenvalue weighted by molar-refractivity contribution is 6.00. The van der Waals surface area contributed by atoms with Gasteiger partial charge in [0.2, 0.25) is 5.78 Å². The van der Waals surface area contributed by atoms with E-state index in [0.29, 0.717) is 16.9 Å². The predicted octanol–water partition coefficient (Wildman–Crippen LogP) is 5.09. The van der Waals surface area contributed by atoms with Gasteiger partial charge in [-0.1, -0.05) is 59.7 Å². The molecule has 0 amide bonds. The summed E-state index contributed by atoms with van der Waals surface area (Å²) in [5.74, 6) is -0.0445. The number of rotatable bonds is 6. The van der Waals surface area contributed by atoms with Crippen LogP contribution in [0.4, 0.5) is 0 Å². The van der Waals surface area contributed by atoms with Gasteiger partial charge < -0.3 is 9.47 Å². The SMILES string of the molecule is COC(=O)c1ccc(O[C@H](C(=O)c2ccc(C)cc2)c2ccc(C)cc2)cc1. The molecule has 0 saturated heterocycles. The first-order valence-electron chi connectivity index (χ1n) is 9.00. The first kappa shape index (κ1) is 19.4. The Hall–Kier alpha value is -3.40. The molecule has 0 unspecified atom stereocenters. The summed E-state index contributed by atoms with van der Waals surface area (Å²) < 4.78 is 10.8. The standard InChI is InChI=1S/C24H22O4/c1-16-4-8-18(9-5-16)22(25)23(19-10-6-17(2)7-11-19)28-21-14-12-20(13-15-21)24(26)27-3/h4-15,23H,1-3H3/t23-/m0/s1. The first-order chi connectivity index (χ1) is 13.5. The van der Waals surface area contributed by atoms with Crippen molar-refractivity contribution >= 4 is 11.8 Å². The highest BCUT2D eigenvalue weighted by Gasteiger charge is 2.24. The molecule has 142 valence electrons. The number of esters is 1. The molecule has 3 rings (SSSR count). The van der Waals surface area contributed by atoms with Crippen LogP contribution in [0.3, 0.4) is 0 Å². The minimum Gasteiger partial charge on any atom is -0.478 e. The fourth-order valence-corrected chi connectivity index (χ4v) is 2.81. The summed E-state index contributed by atoms with van der Waals surface area (Å²) in [6.07, 6.45) is -0.785. The van der Waals surface area contributed by atoms with E-state index in [0.717, 1.165) is 16.7 Å². The van der Waals surface area contributed by atoms with Crippen molar-refractivity contribution in [2.75, 3.05) is 7.11 Å². The van der Waals surface area contributed by atoms with Crippen LogP contribution in [0.5, 0.6) is 5.75 Å². The number of ketones is 1. The summed E-state index contributed by atoms with van der Waals surface area (Å²) >= 11 is 0. The molecule has 4 nitrogen and oxygen atoms in total. The van der Waals surface area contributed by atoms with Crippen LogP contribution in [0.15, 0.2) is 72.8 Å². The van der Waals surface area contributed by atoms with Gasteiger partial charge in [-0.15, -0.1) is 0 Å². The zero-order chi connectivity index (χ0) is 20.1. The van der Waals surface area contributed by atoms with E-state index in [9.17, 15) is 9.59 Å². The van der Waals surface area contributed by atoms with Crippen LogP contribution in [0.1, 0.15) is 43.5 Å². The molecule has 3 aromatic rings. The van der Waals surface area contributed by atoms with Crippen LogP contribution in [0.25, 0.3) is 0 Å². The summed E-state index contributed by atoms with van der Waals surface area (Å²) in [5, 5.41) is 0. The van der Waals surface area contributed by atoms with E-state index in [1.807, 2.05) is 62.4 Å². The van der Waals surface area contributed by atoms with Gasteiger partial charge in [0.1, 0.15) is 5.75 Å². The molecule has 0 aromatic heterocycles. The van der Waals surface area contributed by atoms with E-state index in [2.05, 4.69) is 0 Å². The van der Waals surface area contributed by atoms with E-state index in [4.69, 9.17) is 9.47 Å². The van der Waals surface area contributed by atoms with E-state index in [-0.39, 0.29) is 5.78 Å². The van der Waals surface area contributed by atoms with Crippen molar-refractivity contribution in [3.8, 4) is 5.75 Å². The highest BCUT2D eigenvalue weighted by Crippen LogP contribution is 2.26. The number of Topliss-reactive ketones (excluding diaryl/α,β-unsaturated/α-hetero) is 1. The van der Waals surface area contributed by atoms with Crippen LogP contribution >= 0.6 is 0 Å². The molecule has 0 heterocycles. The van der Waals surface area contributed by atoms with Crippen molar-refractivity contribution in [1.29, 1.82) is 0 Å². The average molecular weight is 374 g/mol. The van der Waals surface area contributed by atoms with Gasteiger partial charge in [0.15, 0.2) is 6.10 Å². The second-order valence-electron chi connectivity index (χ2n) is 6.65. The lowest BCUT2D eigenvalue weighted by Crippen LogP contribution is -2.19. The number of hydrogen-bond acceptors (Lipinski definition) is 4. The fourth-order valence-electron chi connectivity index (χ4n) is 2.81. The minimum absolute atomic E-state index is 0.124. The van der Waals surface area contributed by atoms with Gasteiger partial charge in [0, 0.05) is 11.1 Å². The van der Waals surface area contributed by atoms with E-state index in [1.54, 1.807) is 24.3 Å². The molecule has 0 bridgehead atoms. The third-order valence-corrected chi connectivity index (χ3v) is 4.48. The van der Waals surface area contributed by atoms with Crippen molar-refractivity contribution < 1.29 is 19.1 Å². The van der Waals surface area contributed by atoms with Crippen molar-refractivity contribution in [2.24, 2.45) is 0 Å². The molecule has 0 fully saturated rings. The first-order valence-corrected chi connectivity index (χ1v) is 9.00. The maximum Gasteiger partial charge on any atom is 0.337 e. The number of benzene rings is 3. The quantitative estimate of drug-likeness (QED) is 0.445. The molecule has 0 N–H and O–H groups in total. The molecule has 0 radical (unpaired) electrons. The van der Waals surface area contributed by atoms with Crippen molar-refractivity contribution in [3.63, 3.8) is 0 Å². The molecular formula is C24H22O4. The lowest BCUT2D eigenvalue weighted by Gasteiger charge is -2.19. The maximum atomic E-state index is 13.2. The number of carbonyl (C=O) groups is 2. The smallest absolute Gasteiger partial charge is 0.337 e. The molecule has 0 spiro atoms. The van der Waals surface area contributed by atoms with Gasteiger partial charge in [0.25, 0.3) is 0 Å². The van der Waals surface area contributed by atoms with Gasteiger partial charge in [-0.3, -0.25) is 4.79 Å². The molecular weight excluding hydrogens is 352 g/mol. The maximum absolute atomic E-state index is 13.2. The van der Waals surface area contributed by atoms with Gasteiger partial charge in [-0.2, -0.15) is 0 Å². The summed E-state index contributed by atoms with van der Waals surface area (Å²) in [6.45, 7) is 3.97. The number of ether oxygens (including phenoxy) is 2. The second-order valence-corrected chi connectivity index (χ2v) is 6.65. The van der Waals surface area contributed by atoms with Crippen molar-refractivity contribution in [3.05, 3.63) is 101 Å². The largest absolute Gasteiger partial charge is 0.478 e. The summed E-state index contributed by atoms with van der Waals surface area (Å²) in [7, 11) is 1.33. The topological polar surface area (TPSA) is 52.6 Å². The molecule has 0 saturated carbocycles. The van der Waals surface area contributed by atoms with Gasteiger partial charge in [-0.25, -0.2) is 4.79 Å². The normalized spacial score (nSPS) is 11.5. The monoisotopic (exact) mass is 374 g/mol. The Morgan fingerprint density at radius 2 is 1.21 bits per heavy atom. The molecule has 1 atom stereocenters. The Morgan fingerprint density at radius 3 is 1.75 bits per heavy atom. The Kier molecular flexibility index (Phi) is 5.90. The number of hydrogen-bond donors (Lipinski definition) is 0. The number of carbonyl (C=O) groups excluding carboxylic acids is 2. The lowest BCUT2D eigenvalue weighted by atomic mass is 9.98. The molecule has 4 heteroatoms. The minimum atomic E-state index is -0.785. The predicted molar refractivity (Wildman–Crippen MR) is 108 cm³/mol. The molecule has 0 aliphatic heterocycles. The second kappa shape index (κ2) is 8.53. The fraction of sp³-hybridized carbons (Fsp3) is 0.167. The van der Waals surface area contributed by atoms with Crippen molar-refractivity contribution in [1.82, 2.24) is 0 Å². The number of aryl methyl sites for hydroxylation is 2. The van der Waals surface area contributed by atoms with Gasteiger partial charge in [0.05, 0.1) is 12.7 Å². The average Bonchev–Trinajstić information content (AvgIpc) is 2.73. The third-order valence-electron chi connectivity index (χ3n) is 4.48. The Balaban J connectivity index is 1.92. The zero-order valence-electron chi connectivity index (χ0n) is 16.1. The van der Waals surface area contributed by atoms with E-state index in [1.165, 1.54) is 7.11 Å². The van der Waals surface area contributed by atoms with Crippen LogP contribution in [-0.4, -0.2) is 18.9 Å². The van der Waals surface area contributed by atoms with Gasteiger partial charge in [-0.05, 0) is 38.1 Å². The summed E-state index contributed by atoms with van der Waals surface area (Å²) in [6, 6.07) is 21.7. The van der Waals surface area contributed by atoms with Crippen LogP contribution in [-0.2, 0) is 4.74 Å². The Morgan fingerprint density at radius 1 is 0.714 bits per heavy atom. The highest BCUT2D eigenvalue weighted by atomic mass is 16.5. The van der Waals surface area contributed by atoms with Crippen LogP contribution < -0.4 is 4.74 Å². The van der Waals surface area contributed by atoms with E-state index < -0.39 is 12.1 Å². The molecule has 0 aliphatic rings. The summed E-state index contributed by atoms with van der Waals surface area (Å²) in [5.41, 5.74) is 3.97. The van der Waals surface area contributed by atoms with Crippen LogP contribution in [0, 0.1) is 13.8 Å². The van der Waals surface area contributed by atoms with Gasteiger partial charge >= 0.3 is 5.97 Å². The lowest BCUT2D eigenvalue weighted by molar-refractivity contribution is 0.0600. The molecule has 0 aliphatic carbocycles. The Bertz CT molecular complexity index is 955. The third kappa shape index (κ3) is 4.46. The molecule has 28 heavy (non-hydrogen) atoms. The zero-order valence-corrected chi connectivity index (χ0v) is 16.1. The van der Waals surface area contributed by atoms with E-state index >= 15 is 0 Å².